The van der Waals surface area contributed by atoms with Crippen LogP contribution in [0.2, 0.25) is 0 Å². The van der Waals surface area contributed by atoms with Crippen molar-refractivity contribution >= 4 is 11.8 Å². The Bertz CT molecular complexity index is 601. The fraction of sp³-hybridized carbons (Fsp3) is 0.737. The minimum atomic E-state index is -0.0708. The summed E-state index contributed by atoms with van der Waals surface area (Å²) in [5.41, 5.74) is 0.595. The maximum atomic E-state index is 12.4. The Morgan fingerprint density at radius 1 is 1.19 bits per heavy atom. The molecule has 2 saturated heterocycles. The monoisotopic (exact) mass is 361 g/mol. The van der Waals surface area contributed by atoms with E-state index in [1.807, 2.05) is 4.90 Å². The van der Waals surface area contributed by atoms with Crippen LogP contribution in [0.5, 0.6) is 0 Å². The second-order valence-corrected chi connectivity index (χ2v) is 7.67. The molecule has 3 heterocycles. The molecule has 0 radical (unpaired) electrons. The van der Waals surface area contributed by atoms with Gasteiger partial charge in [0.2, 0.25) is 5.91 Å². The summed E-state index contributed by atoms with van der Waals surface area (Å²) in [5.74, 6) is 1.39. The molecule has 0 bridgehead atoms. The Labute approximate surface area is 155 Å². The molecule has 1 aromatic rings. The summed E-state index contributed by atoms with van der Waals surface area (Å²) in [5, 5.41) is 10.4. The first-order valence-electron chi connectivity index (χ1n) is 9.87. The van der Waals surface area contributed by atoms with Crippen molar-refractivity contribution in [2.75, 3.05) is 32.7 Å². The van der Waals surface area contributed by atoms with Crippen LogP contribution >= 0.6 is 0 Å². The zero-order chi connectivity index (χ0) is 18.4. The van der Waals surface area contributed by atoms with Gasteiger partial charge >= 0.3 is 0 Å². The summed E-state index contributed by atoms with van der Waals surface area (Å²) in [6.07, 6.45) is 9.35. The number of carbonyl (C=O) groups excluding carboxylic acids is 2. The quantitative estimate of drug-likeness (QED) is 0.797. The Morgan fingerprint density at radius 2 is 1.92 bits per heavy atom. The first kappa shape index (κ1) is 18.9. The molecule has 0 aliphatic carbocycles. The molecule has 2 fully saturated rings. The lowest BCUT2D eigenvalue weighted by atomic mass is 9.92. The summed E-state index contributed by atoms with van der Waals surface area (Å²) in [7, 11) is 1.80. The van der Waals surface area contributed by atoms with E-state index in [1.54, 1.807) is 24.1 Å². The third-order valence-corrected chi connectivity index (χ3v) is 5.71. The van der Waals surface area contributed by atoms with Gasteiger partial charge in [-0.1, -0.05) is 0 Å². The van der Waals surface area contributed by atoms with Crippen LogP contribution in [0.15, 0.2) is 12.4 Å². The van der Waals surface area contributed by atoms with Crippen molar-refractivity contribution in [3.8, 4) is 0 Å². The van der Waals surface area contributed by atoms with E-state index in [0.717, 1.165) is 45.4 Å². The topological polar surface area (TPSA) is 79.3 Å². The van der Waals surface area contributed by atoms with Gasteiger partial charge in [-0.15, -0.1) is 0 Å². The van der Waals surface area contributed by atoms with Gasteiger partial charge in [0, 0.05) is 39.3 Å². The Balaban J connectivity index is 1.33. The SMILES string of the molecule is Cn1cc(C(=O)NCC2CCN(C(=O)CCC3CCNCC3)CC2)cn1. The summed E-state index contributed by atoms with van der Waals surface area (Å²) in [6, 6.07) is 0. The van der Waals surface area contributed by atoms with E-state index in [0.29, 0.717) is 36.3 Å². The molecule has 26 heavy (non-hydrogen) atoms. The summed E-state index contributed by atoms with van der Waals surface area (Å²) < 4.78 is 1.63. The standard InChI is InChI=1S/C19H31N5O2/c1-23-14-17(13-22-23)19(26)21-12-16-6-10-24(11-7-16)18(25)3-2-15-4-8-20-9-5-15/h13-16,20H,2-12H2,1H3,(H,21,26). The van der Waals surface area contributed by atoms with E-state index >= 15 is 0 Å². The van der Waals surface area contributed by atoms with E-state index in [4.69, 9.17) is 0 Å². The summed E-state index contributed by atoms with van der Waals surface area (Å²) >= 11 is 0. The number of hydrogen-bond donors (Lipinski definition) is 2. The molecule has 0 spiro atoms. The number of aromatic nitrogens is 2. The Hall–Kier alpha value is -1.89. The van der Waals surface area contributed by atoms with Gasteiger partial charge in [0.05, 0.1) is 11.8 Å². The van der Waals surface area contributed by atoms with Gasteiger partial charge in [0.15, 0.2) is 0 Å². The molecular formula is C19H31N5O2. The number of nitrogens with one attached hydrogen (secondary N) is 2. The number of rotatable bonds is 6. The van der Waals surface area contributed by atoms with Crippen molar-refractivity contribution in [3.05, 3.63) is 18.0 Å². The molecule has 144 valence electrons. The third-order valence-electron chi connectivity index (χ3n) is 5.71. The largest absolute Gasteiger partial charge is 0.352 e. The van der Waals surface area contributed by atoms with Crippen LogP contribution in [-0.2, 0) is 11.8 Å². The number of amides is 2. The molecule has 1 aromatic heterocycles. The maximum Gasteiger partial charge on any atom is 0.254 e. The molecule has 2 aliphatic heterocycles. The number of nitrogens with zero attached hydrogens (tertiary/aromatic N) is 3. The van der Waals surface area contributed by atoms with Crippen LogP contribution in [0.1, 0.15) is 48.9 Å². The Morgan fingerprint density at radius 3 is 2.58 bits per heavy atom. The molecular weight excluding hydrogens is 330 g/mol. The minimum absolute atomic E-state index is 0.0708. The molecule has 2 N–H and O–H groups in total. The maximum absolute atomic E-state index is 12.4. The van der Waals surface area contributed by atoms with Gasteiger partial charge < -0.3 is 15.5 Å². The van der Waals surface area contributed by atoms with Crippen molar-refractivity contribution in [3.63, 3.8) is 0 Å². The van der Waals surface area contributed by atoms with Crippen LogP contribution in [-0.4, -0.2) is 59.2 Å². The average Bonchev–Trinajstić information content (AvgIpc) is 3.12. The number of likely N-dealkylation sites (tertiary alicyclic amines) is 1. The van der Waals surface area contributed by atoms with Crippen LogP contribution < -0.4 is 10.6 Å². The molecule has 7 heteroatoms. The van der Waals surface area contributed by atoms with Crippen molar-refractivity contribution in [2.24, 2.45) is 18.9 Å². The molecule has 0 atom stereocenters. The number of aryl methyl sites for hydroxylation is 1. The predicted molar refractivity (Wildman–Crippen MR) is 99.7 cm³/mol. The first-order chi connectivity index (χ1) is 12.6. The van der Waals surface area contributed by atoms with Gasteiger partial charge in [-0.25, -0.2) is 0 Å². The van der Waals surface area contributed by atoms with Gasteiger partial charge in [0.1, 0.15) is 0 Å². The molecule has 2 amide bonds. The Kier molecular flexibility index (Phi) is 6.66. The van der Waals surface area contributed by atoms with Crippen molar-refractivity contribution in [2.45, 2.75) is 38.5 Å². The zero-order valence-corrected chi connectivity index (χ0v) is 15.7. The summed E-state index contributed by atoms with van der Waals surface area (Å²) in [4.78, 5) is 26.5. The molecule has 0 saturated carbocycles. The highest BCUT2D eigenvalue weighted by molar-refractivity contribution is 5.93. The van der Waals surface area contributed by atoms with E-state index in [9.17, 15) is 9.59 Å². The van der Waals surface area contributed by atoms with Crippen LogP contribution in [0.3, 0.4) is 0 Å². The number of piperidine rings is 2. The van der Waals surface area contributed by atoms with Crippen molar-refractivity contribution < 1.29 is 9.59 Å². The highest BCUT2D eigenvalue weighted by Crippen LogP contribution is 2.21. The van der Waals surface area contributed by atoms with E-state index in [2.05, 4.69) is 15.7 Å². The fourth-order valence-corrected chi connectivity index (χ4v) is 3.92. The minimum Gasteiger partial charge on any atom is -0.352 e. The smallest absolute Gasteiger partial charge is 0.254 e. The fourth-order valence-electron chi connectivity index (χ4n) is 3.92. The second-order valence-electron chi connectivity index (χ2n) is 7.67. The lowest BCUT2D eigenvalue weighted by Gasteiger charge is -2.32. The average molecular weight is 361 g/mol. The second kappa shape index (κ2) is 9.16. The van der Waals surface area contributed by atoms with E-state index < -0.39 is 0 Å². The van der Waals surface area contributed by atoms with Crippen molar-refractivity contribution in [1.29, 1.82) is 0 Å². The predicted octanol–water partition coefficient (Wildman–Crippen LogP) is 1.17. The van der Waals surface area contributed by atoms with Gasteiger partial charge in [-0.05, 0) is 57.0 Å². The normalized spacial score (nSPS) is 19.5. The zero-order valence-electron chi connectivity index (χ0n) is 15.7. The molecule has 7 nitrogen and oxygen atoms in total. The number of carbonyl (C=O) groups is 2. The lowest BCUT2D eigenvalue weighted by molar-refractivity contribution is -0.132. The van der Waals surface area contributed by atoms with Crippen LogP contribution in [0, 0.1) is 11.8 Å². The highest BCUT2D eigenvalue weighted by atomic mass is 16.2. The van der Waals surface area contributed by atoms with Gasteiger partial charge in [-0.2, -0.15) is 5.10 Å². The van der Waals surface area contributed by atoms with Gasteiger partial charge in [-0.3, -0.25) is 14.3 Å². The molecule has 0 unspecified atom stereocenters. The van der Waals surface area contributed by atoms with E-state index in [-0.39, 0.29) is 5.91 Å². The molecule has 0 aromatic carbocycles. The van der Waals surface area contributed by atoms with Crippen LogP contribution in [0.4, 0.5) is 0 Å². The number of hydrogen-bond acceptors (Lipinski definition) is 4. The van der Waals surface area contributed by atoms with E-state index in [1.165, 1.54) is 12.8 Å². The first-order valence-corrected chi connectivity index (χ1v) is 9.87. The van der Waals surface area contributed by atoms with Crippen LogP contribution in [0.25, 0.3) is 0 Å². The molecule has 2 aliphatic rings. The molecule has 3 rings (SSSR count). The van der Waals surface area contributed by atoms with Gasteiger partial charge in [0.25, 0.3) is 5.91 Å². The highest BCUT2D eigenvalue weighted by Gasteiger charge is 2.24. The van der Waals surface area contributed by atoms with Crippen molar-refractivity contribution in [1.82, 2.24) is 25.3 Å². The lowest BCUT2D eigenvalue weighted by Crippen LogP contribution is -2.41. The summed E-state index contributed by atoms with van der Waals surface area (Å²) in [6.45, 7) is 4.49. The third kappa shape index (κ3) is 5.30.